The van der Waals surface area contributed by atoms with Crippen molar-refractivity contribution >= 4 is 28.5 Å². The Morgan fingerprint density at radius 2 is 1.85 bits per heavy atom. The molecule has 0 fully saturated rings. The highest BCUT2D eigenvalue weighted by atomic mass is 19.4. The van der Waals surface area contributed by atoms with Gasteiger partial charge in [0.15, 0.2) is 5.69 Å². The van der Waals surface area contributed by atoms with Gasteiger partial charge in [-0.1, -0.05) is 20.8 Å². The predicted molar refractivity (Wildman–Crippen MR) is 96.2 cm³/mol. The Labute approximate surface area is 148 Å². The minimum absolute atomic E-state index is 0.0855. The molecule has 26 heavy (non-hydrogen) atoms. The van der Waals surface area contributed by atoms with Gasteiger partial charge < -0.3 is 10.1 Å². The number of halogens is 3. The van der Waals surface area contributed by atoms with Crippen LogP contribution in [0.15, 0.2) is 18.2 Å². The van der Waals surface area contributed by atoms with Gasteiger partial charge in [0.1, 0.15) is 6.54 Å². The fraction of sp³-hybridized carbons (Fsp3) is 0.389. The molecular weight excluding hydrogens is 345 g/mol. The number of pyridine rings is 1. The molecule has 0 unspecified atom stereocenters. The Kier molecular flexibility index (Phi) is 4.11. The van der Waals surface area contributed by atoms with Crippen LogP contribution in [0.2, 0.25) is 0 Å². The first-order valence-corrected chi connectivity index (χ1v) is 8.10. The predicted octanol–water partition coefficient (Wildman–Crippen LogP) is 2.97. The van der Waals surface area contributed by atoms with E-state index in [1.54, 1.807) is 18.2 Å². The molecule has 2 aromatic rings. The molecule has 5 nitrogen and oxygen atoms in total. The first-order chi connectivity index (χ1) is 11.9. The summed E-state index contributed by atoms with van der Waals surface area (Å²) >= 11 is 0. The van der Waals surface area contributed by atoms with Crippen LogP contribution >= 0.6 is 0 Å². The largest absolute Gasteiger partial charge is 0.558 e. The smallest absolute Gasteiger partial charge is 0.376 e. The van der Waals surface area contributed by atoms with E-state index in [0.29, 0.717) is 22.8 Å². The maximum absolute atomic E-state index is 12.6. The number of benzene rings is 1. The molecule has 0 atom stereocenters. The number of ether oxygens (including phenoxy) is 1. The number of rotatable bonds is 3. The number of aromatic nitrogens is 1. The fourth-order valence-corrected chi connectivity index (χ4v) is 2.79. The number of fused-ring (bicyclic) bond motifs is 1. The molecule has 0 saturated heterocycles. The summed E-state index contributed by atoms with van der Waals surface area (Å²) in [6.07, 6.45) is -4.29. The van der Waals surface area contributed by atoms with Gasteiger partial charge in [-0.3, -0.25) is 0 Å². The van der Waals surface area contributed by atoms with Gasteiger partial charge in [-0.05, 0) is 41.7 Å². The zero-order valence-electron chi connectivity index (χ0n) is 15.0. The molecule has 3 N–H and O–H groups in total. The Morgan fingerprint density at radius 3 is 2.38 bits per heavy atom. The average Bonchev–Trinajstić information content (AvgIpc) is 2.47. The Bertz CT molecular complexity index is 952. The molecule has 0 radical (unpaired) electrons. The van der Waals surface area contributed by atoms with Gasteiger partial charge >= 0.3 is 18.1 Å². The van der Waals surface area contributed by atoms with Crippen LogP contribution in [-0.2, 0) is 10.2 Å². The Balaban J connectivity index is 2.17. The summed E-state index contributed by atoms with van der Waals surface area (Å²) < 4.78 is 46.9. The highest BCUT2D eigenvalue weighted by Gasteiger charge is 2.30. The summed E-state index contributed by atoms with van der Waals surface area (Å²) in [4.78, 5) is 4.63. The Morgan fingerprint density at radius 1 is 1.19 bits per heavy atom. The van der Waals surface area contributed by atoms with E-state index < -0.39 is 12.7 Å². The molecule has 3 rings (SSSR count). The van der Waals surface area contributed by atoms with Crippen molar-refractivity contribution in [1.82, 2.24) is 9.65 Å². The number of amidine groups is 1. The van der Waals surface area contributed by atoms with Gasteiger partial charge in [-0.15, -0.1) is 4.67 Å². The first kappa shape index (κ1) is 18.1. The van der Waals surface area contributed by atoms with Crippen molar-refractivity contribution in [3.8, 4) is 0 Å². The average molecular weight is 365 g/mol. The van der Waals surface area contributed by atoms with Crippen LogP contribution in [0.1, 0.15) is 37.6 Å². The lowest BCUT2D eigenvalue weighted by atomic mass is 9.84. The normalized spacial score (nSPS) is 14.4. The SMILES string of the molecule is Cc1cc(C2=[N+]=C(N)O2)nc2c(C(C)(C)C)cc(NCC(F)(F)F)cc12. The number of nitrogens with zero attached hydrogens (tertiary/aromatic N) is 2. The Hall–Kier alpha value is -2.73. The second-order valence-corrected chi connectivity index (χ2v) is 7.32. The van der Waals surface area contributed by atoms with Gasteiger partial charge in [0, 0.05) is 11.1 Å². The standard InChI is InChI=1S/C18H19F3N4O/c1-9-5-13(15-25-16(22)26-15)24-14-11(9)6-10(23-8-18(19,20)21)7-12(14)17(2,3)4/h5-7H,8H2,1-4H3,(H2,22,23,25)/p+1. The topological polar surface area (TPSA) is 74.3 Å². The van der Waals surface area contributed by atoms with Gasteiger partial charge in [0.25, 0.3) is 0 Å². The van der Waals surface area contributed by atoms with Crippen LogP contribution in [0.3, 0.4) is 0 Å². The van der Waals surface area contributed by atoms with Crippen LogP contribution in [0.5, 0.6) is 0 Å². The summed E-state index contributed by atoms with van der Waals surface area (Å²) in [6.45, 7) is 6.75. The summed E-state index contributed by atoms with van der Waals surface area (Å²) in [6, 6.07) is 5.27. The maximum Gasteiger partial charge on any atom is 0.558 e. The van der Waals surface area contributed by atoms with E-state index in [-0.39, 0.29) is 11.4 Å². The minimum Gasteiger partial charge on any atom is -0.376 e. The number of alkyl halides is 3. The van der Waals surface area contributed by atoms with Crippen LogP contribution in [-0.4, -0.2) is 29.6 Å². The monoisotopic (exact) mass is 365 g/mol. The molecular formula is C18H20F3N4O+. The molecule has 0 amide bonds. The van der Waals surface area contributed by atoms with Gasteiger partial charge in [-0.2, -0.15) is 13.2 Å². The quantitative estimate of drug-likeness (QED) is 0.820. The molecule has 0 spiro atoms. The minimum atomic E-state index is -4.29. The van der Waals surface area contributed by atoms with E-state index in [1.165, 1.54) is 0 Å². The van der Waals surface area contributed by atoms with Crippen molar-refractivity contribution < 1.29 is 17.9 Å². The molecule has 138 valence electrons. The number of hydrogen-bond donors (Lipinski definition) is 2. The van der Waals surface area contributed by atoms with E-state index in [9.17, 15) is 13.2 Å². The lowest BCUT2D eigenvalue weighted by Crippen LogP contribution is -2.35. The lowest BCUT2D eigenvalue weighted by molar-refractivity contribution is -0.115. The van der Waals surface area contributed by atoms with Crippen molar-refractivity contribution in [1.29, 1.82) is 0 Å². The van der Waals surface area contributed by atoms with Crippen LogP contribution < -0.4 is 15.7 Å². The summed E-state index contributed by atoms with van der Waals surface area (Å²) in [5, 5.41) is 3.24. The van der Waals surface area contributed by atoms with E-state index in [0.717, 1.165) is 16.5 Å². The van der Waals surface area contributed by atoms with E-state index in [4.69, 9.17) is 10.5 Å². The van der Waals surface area contributed by atoms with Crippen LogP contribution in [0.25, 0.3) is 10.9 Å². The van der Waals surface area contributed by atoms with Gasteiger partial charge in [-0.25, -0.2) is 10.7 Å². The van der Waals surface area contributed by atoms with Crippen molar-refractivity contribution in [2.75, 3.05) is 11.9 Å². The molecule has 2 heterocycles. The number of nitrogens with two attached hydrogens (primary N) is 1. The zero-order valence-corrected chi connectivity index (χ0v) is 15.0. The summed E-state index contributed by atoms with van der Waals surface area (Å²) in [5.41, 5.74) is 8.47. The third-order valence-corrected chi connectivity index (χ3v) is 4.05. The summed E-state index contributed by atoms with van der Waals surface area (Å²) in [7, 11) is 0. The van der Waals surface area contributed by atoms with Gasteiger partial charge in [0.2, 0.25) is 0 Å². The summed E-state index contributed by atoms with van der Waals surface area (Å²) in [5.74, 6) is 0.339. The second kappa shape index (κ2) is 5.92. The van der Waals surface area contributed by atoms with Crippen molar-refractivity contribution in [2.24, 2.45) is 5.73 Å². The molecule has 0 bridgehead atoms. The number of anilines is 1. The van der Waals surface area contributed by atoms with Crippen molar-refractivity contribution in [3.63, 3.8) is 0 Å². The fourth-order valence-electron chi connectivity index (χ4n) is 2.79. The van der Waals surface area contributed by atoms with Crippen molar-refractivity contribution in [3.05, 3.63) is 35.0 Å². The number of aryl methyl sites for hydroxylation is 1. The number of hydrogen-bond acceptors (Lipinski definition) is 4. The first-order valence-electron chi connectivity index (χ1n) is 8.10. The third-order valence-electron chi connectivity index (χ3n) is 4.05. The second-order valence-electron chi connectivity index (χ2n) is 7.32. The molecule has 1 aromatic carbocycles. The van der Waals surface area contributed by atoms with E-state index >= 15 is 0 Å². The molecule has 0 saturated carbocycles. The maximum atomic E-state index is 12.6. The van der Waals surface area contributed by atoms with Crippen LogP contribution in [0.4, 0.5) is 18.9 Å². The highest BCUT2D eigenvalue weighted by Crippen LogP contribution is 2.34. The molecule has 8 heteroatoms. The lowest BCUT2D eigenvalue weighted by Gasteiger charge is -2.23. The zero-order chi connectivity index (χ0) is 19.3. The van der Waals surface area contributed by atoms with Crippen molar-refractivity contribution in [2.45, 2.75) is 39.3 Å². The highest BCUT2D eigenvalue weighted by molar-refractivity contribution is 6.07. The molecule has 0 aliphatic carbocycles. The molecule has 1 aromatic heterocycles. The number of nitrogens with one attached hydrogen (secondary N) is 1. The van der Waals surface area contributed by atoms with E-state index in [1.807, 2.05) is 27.7 Å². The molecule has 1 aliphatic heterocycles. The van der Waals surface area contributed by atoms with E-state index in [2.05, 4.69) is 15.0 Å². The van der Waals surface area contributed by atoms with Gasteiger partial charge in [0.05, 0.1) is 5.52 Å². The van der Waals surface area contributed by atoms with Crippen LogP contribution in [0, 0.1) is 6.92 Å². The third kappa shape index (κ3) is 3.60. The molecule has 1 aliphatic rings.